The van der Waals surface area contributed by atoms with Crippen molar-refractivity contribution in [2.45, 2.75) is 24.2 Å². The van der Waals surface area contributed by atoms with E-state index in [0.717, 1.165) is 18.1 Å². The molecule has 0 bridgehead atoms. The highest BCUT2D eigenvalue weighted by molar-refractivity contribution is 14.0. The molecule has 0 radical (unpaired) electrons. The molecule has 5 heteroatoms. The molecule has 4 nitrogen and oxygen atoms in total. The third kappa shape index (κ3) is 5.20. The normalized spacial score (nSPS) is 16.3. The molecule has 1 atom stereocenters. The van der Waals surface area contributed by atoms with Crippen molar-refractivity contribution < 1.29 is 5.11 Å². The van der Waals surface area contributed by atoms with Gasteiger partial charge in [-0.2, -0.15) is 0 Å². The molecule has 26 heavy (non-hydrogen) atoms. The maximum Gasteiger partial charge on any atom is 0.191 e. The summed E-state index contributed by atoms with van der Waals surface area (Å²) in [6.07, 6.45) is 2.43. The van der Waals surface area contributed by atoms with E-state index in [1.54, 1.807) is 7.05 Å². The number of hydrogen-bond acceptors (Lipinski definition) is 2. The summed E-state index contributed by atoms with van der Waals surface area (Å²) in [7, 11) is 1.79. The Bertz CT molecular complexity index is 687. The van der Waals surface area contributed by atoms with Crippen LogP contribution in [-0.2, 0) is 5.41 Å². The van der Waals surface area contributed by atoms with Gasteiger partial charge in [0, 0.05) is 31.5 Å². The Morgan fingerprint density at radius 3 is 2.19 bits per heavy atom. The first-order valence-corrected chi connectivity index (χ1v) is 8.93. The number of nitrogens with zero attached hydrogens (tertiary/aromatic N) is 1. The number of rotatable bonds is 7. The van der Waals surface area contributed by atoms with Crippen molar-refractivity contribution in [3.63, 3.8) is 0 Å². The van der Waals surface area contributed by atoms with Gasteiger partial charge in [-0.3, -0.25) is 4.99 Å². The summed E-state index contributed by atoms with van der Waals surface area (Å²) in [4.78, 5) is 4.33. The van der Waals surface area contributed by atoms with Gasteiger partial charge in [0.1, 0.15) is 0 Å². The van der Waals surface area contributed by atoms with E-state index in [0.29, 0.717) is 6.54 Å². The second kappa shape index (κ2) is 9.92. The molecule has 0 aromatic heterocycles. The highest BCUT2D eigenvalue weighted by Gasteiger charge is 2.43. The van der Waals surface area contributed by atoms with Gasteiger partial charge in [-0.1, -0.05) is 60.7 Å². The average Bonchev–Trinajstić information content (AvgIpc) is 3.47. The molecule has 0 saturated heterocycles. The quantitative estimate of drug-likeness (QED) is 0.334. The molecule has 3 rings (SSSR count). The molecule has 3 N–H and O–H groups in total. The molecule has 2 aromatic rings. The summed E-state index contributed by atoms with van der Waals surface area (Å²) in [6.45, 7) is 1.65. The van der Waals surface area contributed by atoms with Gasteiger partial charge in [0.15, 0.2) is 5.96 Å². The van der Waals surface area contributed by atoms with Gasteiger partial charge in [0.25, 0.3) is 0 Å². The standard InChI is InChI=1S/C21H27N3O.HI/c1-22-20(23-14-18(15-25)17-8-4-2-5-9-17)24-16-21(12-13-21)19-10-6-3-7-11-19;/h2-11,18,25H,12-16H2,1H3,(H2,22,23,24);1H. The summed E-state index contributed by atoms with van der Waals surface area (Å²) in [5.41, 5.74) is 2.78. The molecule has 0 spiro atoms. The molecule has 1 aliphatic rings. The number of aliphatic hydroxyl groups excluding tert-OH is 1. The van der Waals surface area contributed by atoms with Gasteiger partial charge >= 0.3 is 0 Å². The Labute approximate surface area is 173 Å². The first kappa shape index (κ1) is 20.7. The van der Waals surface area contributed by atoms with Crippen LogP contribution < -0.4 is 10.6 Å². The van der Waals surface area contributed by atoms with E-state index in [-0.39, 0.29) is 41.9 Å². The molecular formula is C21H28IN3O. The second-order valence-corrected chi connectivity index (χ2v) is 6.74. The zero-order chi connectivity index (χ0) is 17.5. The molecule has 2 aromatic carbocycles. The van der Waals surface area contributed by atoms with Crippen LogP contribution in [0.2, 0.25) is 0 Å². The molecule has 1 aliphatic carbocycles. The SMILES string of the molecule is CN=C(NCC(CO)c1ccccc1)NCC1(c2ccccc2)CC1.I. The summed E-state index contributed by atoms with van der Waals surface area (Å²) in [6, 6.07) is 20.8. The Hall–Kier alpha value is -1.60. The van der Waals surface area contributed by atoms with E-state index >= 15 is 0 Å². The van der Waals surface area contributed by atoms with Crippen LogP contribution in [0.5, 0.6) is 0 Å². The van der Waals surface area contributed by atoms with E-state index in [1.165, 1.54) is 18.4 Å². The highest BCUT2D eigenvalue weighted by atomic mass is 127. The monoisotopic (exact) mass is 465 g/mol. The van der Waals surface area contributed by atoms with Crippen LogP contribution in [0.3, 0.4) is 0 Å². The van der Waals surface area contributed by atoms with E-state index in [4.69, 9.17) is 0 Å². The van der Waals surface area contributed by atoms with Crippen molar-refractivity contribution >= 4 is 29.9 Å². The predicted molar refractivity (Wildman–Crippen MR) is 118 cm³/mol. The maximum absolute atomic E-state index is 9.68. The van der Waals surface area contributed by atoms with Crippen molar-refractivity contribution in [3.8, 4) is 0 Å². The Morgan fingerprint density at radius 2 is 1.65 bits per heavy atom. The lowest BCUT2D eigenvalue weighted by Gasteiger charge is -2.21. The Morgan fingerprint density at radius 1 is 1.04 bits per heavy atom. The van der Waals surface area contributed by atoms with Crippen LogP contribution in [0.1, 0.15) is 29.9 Å². The van der Waals surface area contributed by atoms with Gasteiger partial charge in [0.05, 0.1) is 6.61 Å². The minimum Gasteiger partial charge on any atom is -0.396 e. The molecule has 0 amide bonds. The molecule has 0 aliphatic heterocycles. The summed E-state index contributed by atoms with van der Waals surface area (Å²) in [5.74, 6) is 0.848. The molecule has 1 fully saturated rings. The van der Waals surface area contributed by atoms with Crippen molar-refractivity contribution in [2.75, 3.05) is 26.7 Å². The summed E-state index contributed by atoms with van der Waals surface area (Å²) >= 11 is 0. The molecule has 0 heterocycles. The smallest absolute Gasteiger partial charge is 0.191 e. The number of guanidine groups is 1. The fourth-order valence-electron chi connectivity index (χ4n) is 3.22. The van der Waals surface area contributed by atoms with Crippen LogP contribution in [0, 0.1) is 0 Å². The number of halogens is 1. The Kier molecular flexibility index (Phi) is 7.90. The zero-order valence-corrected chi connectivity index (χ0v) is 17.5. The van der Waals surface area contributed by atoms with Gasteiger partial charge in [-0.25, -0.2) is 0 Å². The number of benzene rings is 2. The van der Waals surface area contributed by atoms with Gasteiger partial charge in [-0.05, 0) is 24.0 Å². The first-order valence-electron chi connectivity index (χ1n) is 8.93. The minimum absolute atomic E-state index is 0. The zero-order valence-electron chi connectivity index (χ0n) is 15.2. The van der Waals surface area contributed by atoms with E-state index < -0.39 is 0 Å². The largest absolute Gasteiger partial charge is 0.396 e. The van der Waals surface area contributed by atoms with Crippen molar-refractivity contribution in [1.29, 1.82) is 0 Å². The molecule has 140 valence electrons. The van der Waals surface area contributed by atoms with E-state index in [2.05, 4.69) is 46.0 Å². The third-order valence-electron chi connectivity index (χ3n) is 5.06. The van der Waals surface area contributed by atoms with Crippen molar-refractivity contribution in [3.05, 3.63) is 71.8 Å². The van der Waals surface area contributed by atoms with Crippen molar-refractivity contribution in [1.82, 2.24) is 10.6 Å². The van der Waals surface area contributed by atoms with Crippen LogP contribution in [0.25, 0.3) is 0 Å². The van der Waals surface area contributed by atoms with Crippen molar-refractivity contribution in [2.24, 2.45) is 4.99 Å². The third-order valence-corrected chi connectivity index (χ3v) is 5.06. The number of aliphatic hydroxyl groups is 1. The average molecular weight is 465 g/mol. The number of hydrogen-bond donors (Lipinski definition) is 3. The van der Waals surface area contributed by atoms with Crippen LogP contribution in [0.4, 0.5) is 0 Å². The lowest BCUT2D eigenvalue weighted by atomic mass is 9.96. The van der Waals surface area contributed by atoms with E-state index in [1.807, 2.05) is 30.3 Å². The molecule has 1 saturated carbocycles. The predicted octanol–water partition coefficient (Wildman–Crippen LogP) is 3.28. The highest BCUT2D eigenvalue weighted by Crippen LogP contribution is 2.47. The van der Waals surface area contributed by atoms with Gasteiger partial charge in [0.2, 0.25) is 0 Å². The van der Waals surface area contributed by atoms with Gasteiger partial charge in [-0.15, -0.1) is 24.0 Å². The molecule has 1 unspecified atom stereocenters. The van der Waals surface area contributed by atoms with Crippen LogP contribution >= 0.6 is 24.0 Å². The first-order chi connectivity index (χ1) is 12.3. The van der Waals surface area contributed by atoms with Crippen LogP contribution in [0.15, 0.2) is 65.7 Å². The lowest BCUT2D eigenvalue weighted by Crippen LogP contribution is -2.43. The second-order valence-electron chi connectivity index (χ2n) is 6.74. The van der Waals surface area contributed by atoms with Gasteiger partial charge < -0.3 is 15.7 Å². The fourth-order valence-corrected chi connectivity index (χ4v) is 3.22. The van der Waals surface area contributed by atoms with E-state index in [9.17, 15) is 5.11 Å². The number of aliphatic imine (C=N–C) groups is 1. The number of nitrogens with one attached hydrogen (secondary N) is 2. The fraction of sp³-hybridized carbons (Fsp3) is 0.381. The summed E-state index contributed by atoms with van der Waals surface area (Å²) in [5, 5.41) is 16.5. The maximum atomic E-state index is 9.68. The topological polar surface area (TPSA) is 56.7 Å². The summed E-state index contributed by atoms with van der Waals surface area (Å²) < 4.78 is 0. The minimum atomic E-state index is 0. The molecular weight excluding hydrogens is 437 g/mol. The Balaban J connectivity index is 0.00000243. The van der Waals surface area contributed by atoms with Crippen LogP contribution in [-0.4, -0.2) is 37.8 Å². The lowest BCUT2D eigenvalue weighted by molar-refractivity contribution is 0.265.